The molecule has 0 unspecified atom stereocenters. The zero-order valence-corrected chi connectivity index (χ0v) is 15.2. The molecule has 0 fully saturated rings. The molecular weight excluding hydrogens is 383 g/mol. The van der Waals surface area contributed by atoms with Gasteiger partial charge in [0.2, 0.25) is 5.76 Å². The number of furan rings is 1. The van der Waals surface area contributed by atoms with Crippen LogP contribution in [0.15, 0.2) is 65.1 Å². The second kappa shape index (κ2) is 7.61. The Kier molecular flexibility index (Phi) is 4.86. The molecule has 8 heteroatoms. The van der Waals surface area contributed by atoms with Crippen molar-refractivity contribution in [3.05, 3.63) is 72.2 Å². The molecule has 0 aliphatic rings. The van der Waals surface area contributed by atoms with Crippen LogP contribution in [-0.2, 0) is 9.53 Å². The van der Waals surface area contributed by atoms with Crippen molar-refractivity contribution in [1.29, 1.82) is 0 Å². The van der Waals surface area contributed by atoms with Gasteiger partial charge in [0.05, 0.1) is 10.2 Å². The number of rotatable bonds is 5. The predicted molar refractivity (Wildman–Crippen MR) is 103 cm³/mol. The number of hydrogen-bond acceptors (Lipinski definition) is 6. The average molecular weight is 396 g/mol. The van der Waals surface area contributed by atoms with Gasteiger partial charge >= 0.3 is 5.97 Å². The number of esters is 1. The number of hydrogen-bond donors (Lipinski definition) is 1. The van der Waals surface area contributed by atoms with E-state index >= 15 is 0 Å². The smallest absolute Gasteiger partial charge is 0.374 e. The largest absolute Gasteiger partial charge is 0.450 e. The number of amides is 1. The molecule has 2 heterocycles. The number of aromatic nitrogens is 1. The number of fused-ring (bicyclic) bond motifs is 1. The van der Waals surface area contributed by atoms with Crippen molar-refractivity contribution < 1.29 is 23.1 Å². The monoisotopic (exact) mass is 396 g/mol. The second-order valence-electron chi connectivity index (χ2n) is 5.78. The van der Waals surface area contributed by atoms with Crippen LogP contribution in [0, 0.1) is 5.82 Å². The number of thiazole rings is 1. The third-order valence-corrected chi connectivity index (χ3v) is 4.83. The molecule has 1 amide bonds. The summed E-state index contributed by atoms with van der Waals surface area (Å²) in [4.78, 5) is 28.4. The average Bonchev–Trinajstić information content (AvgIpc) is 3.35. The number of anilines is 1. The van der Waals surface area contributed by atoms with E-state index in [1.54, 1.807) is 6.07 Å². The van der Waals surface area contributed by atoms with Crippen LogP contribution in [0.4, 0.5) is 10.1 Å². The highest BCUT2D eigenvalue weighted by Crippen LogP contribution is 2.31. The van der Waals surface area contributed by atoms with Crippen LogP contribution in [-0.4, -0.2) is 23.5 Å². The van der Waals surface area contributed by atoms with Crippen LogP contribution >= 0.6 is 11.3 Å². The third-order valence-electron chi connectivity index (χ3n) is 3.77. The maximum atomic E-state index is 12.9. The molecule has 0 atom stereocenters. The zero-order valence-electron chi connectivity index (χ0n) is 14.3. The fraction of sp³-hybridized carbons (Fsp3) is 0.0500. The Morgan fingerprint density at radius 2 is 1.86 bits per heavy atom. The van der Waals surface area contributed by atoms with E-state index in [1.807, 2.05) is 24.3 Å². The molecule has 140 valence electrons. The van der Waals surface area contributed by atoms with E-state index in [0.717, 1.165) is 10.2 Å². The molecule has 0 spiro atoms. The number of benzene rings is 2. The lowest BCUT2D eigenvalue weighted by Gasteiger charge is -2.05. The fourth-order valence-electron chi connectivity index (χ4n) is 2.47. The van der Waals surface area contributed by atoms with Crippen LogP contribution in [0.1, 0.15) is 10.6 Å². The van der Waals surface area contributed by atoms with Gasteiger partial charge in [-0.2, -0.15) is 0 Å². The van der Waals surface area contributed by atoms with Crippen molar-refractivity contribution >= 4 is 39.1 Å². The van der Waals surface area contributed by atoms with Crippen molar-refractivity contribution in [3.8, 4) is 10.8 Å². The summed E-state index contributed by atoms with van der Waals surface area (Å²) in [6, 6.07) is 16.0. The van der Waals surface area contributed by atoms with Gasteiger partial charge < -0.3 is 14.5 Å². The second-order valence-corrected chi connectivity index (χ2v) is 6.81. The lowest BCUT2D eigenvalue weighted by molar-refractivity contribution is -0.119. The van der Waals surface area contributed by atoms with E-state index in [1.165, 1.54) is 41.7 Å². The van der Waals surface area contributed by atoms with Crippen LogP contribution < -0.4 is 5.32 Å². The number of ether oxygens (including phenoxy) is 1. The number of carbonyl (C=O) groups is 2. The van der Waals surface area contributed by atoms with Gasteiger partial charge in [0, 0.05) is 5.69 Å². The molecule has 6 nitrogen and oxygen atoms in total. The van der Waals surface area contributed by atoms with Crippen molar-refractivity contribution in [2.24, 2.45) is 0 Å². The van der Waals surface area contributed by atoms with Crippen LogP contribution in [0.5, 0.6) is 0 Å². The molecule has 0 saturated heterocycles. The van der Waals surface area contributed by atoms with E-state index < -0.39 is 24.3 Å². The number of halogens is 1. The van der Waals surface area contributed by atoms with Gasteiger partial charge in [-0.1, -0.05) is 12.1 Å². The normalized spacial score (nSPS) is 10.8. The molecule has 0 aliphatic heterocycles. The predicted octanol–water partition coefficient (Wildman–Crippen LogP) is 4.49. The number of nitrogens with one attached hydrogen (secondary N) is 1. The Balaban J connectivity index is 1.37. The van der Waals surface area contributed by atoms with Crippen LogP contribution in [0.3, 0.4) is 0 Å². The Labute approximate surface area is 162 Å². The topological polar surface area (TPSA) is 81.4 Å². The van der Waals surface area contributed by atoms with E-state index in [2.05, 4.69) is 10.3 Å². The van der Waals surface area contributed by atoms with Crippen LogP contribution in [0.25, 0.3) is 21.0 Å². The lowest BCUT2D eigenvalue weighted by atomic mass is 10.3. The summed E-state index contributed by atoms with van der Waals surface area (Å²) in [5.74, 6) is -1.29. The molecule has 2 aromatic heterocycles. The first kappa shape index (κ1) is 17.9. The summed E-state index contributed by atoms with van der Waals surface area (Å²) in [5.41, 5.74) is 1.25. The van der Waals surface area contributed by atoms with E-state index in [9.17, 15) is 14.0 Å². The molecule has 0 radical (unpaired) electrons. The summed E-state index contributed by atoms with van der Waals surface area (Å²) in [6.45, 7) is -0.493. The molecule has 1 N–H and O–H groups in total. The highest BCUT2D eigenvalue weighted by Gasteiger charge is 2.17. The quantitative estimate of drug-likeness (QED) is 0.503. The summed E-state index contributed by atoms with van der Waals surface area (Å²) in [6.07, 6.45) is 0. The minimum atomic E-state index is -0.762. The summed E-state index contributed by atoms with van der Waals surface area (Å²) in [7, 11) is 0. The van der Waals surface area contributed by atoms with E-state index in [4.69, 9.17) is 9.15 Å². The molecule has 4 rings (SSSR count). The molecule has 4 aromatic rings. The Morgan fingerprint density at radius 1 is 1.07 bits per heavy atom. The van der Waals surface area contributed by atoms with E-state index in [-0.39, 0.29) is 5.76 Å². The van der Waals surface area contributed by atoms with Crippen molar-refractivity contribution in [2.75, 3.05) is 11.9 Å². The minimum absolute atomic E-state index is 0.0242. The van der Waals surface area contributed by atoms with E-state index in [0.29, 0.717) is 16.5 Å². The van der Waals surface area contributed by atoms with Gasteiger partial charge in [-0.15, -0.1) is 11.3 Å². The highest BCUT2D eigenvalue weighted by atomic mass is 32.1. The standard InChI is InChI=1S/C20H13FN2O4S/c21-12-5-7-13(8-6-12)22-18(24)11-26-20(25)16-10-9-15(27-16)19-23-14-3-1-2-4-17(14)28-19/h1-10H,11H2,(H,22,24). The lowest BCUT2D eigenvalue weighted by Crippen LogP contribution is -2.20. The molecule has 0 saturated carbocycles. The molecule has 2 aromatic carbocycles. The summed E-state index contributed by atoms with van der Waals surface area (Å²) < 4.78 is 24.3. The van der Waals surface area contributed by atoms with Gasteiger partial charge in [0.15, 0.2) is 17.4 Å². The van der Waals surface area contributed by atoms with Gasteiger partial charge in [0.25, 0.3) is 5.91 Å². The Morgan fingerprint density at radius 3 is 2.64 bits per heavy atom. The first-order valence-corrected chi connectivity index (χ1v) is 9.08. The maximum absolute atomic E-state index is 12.9. The van der Waals surface area contributed by atoms with Gasteiger partial charge in [-0.3, -0.25) is 4.79 Å². The van der Waals surface area contributed by atoms with Crippen molar-refractivity contribution in [1.82, 2.24) is 4.98 Å². The summed E-state index contributed by atoms with van der Waals surface area (Å²) >= 11 is 1.45. The minimum Gasteiger partial charge on any atom is -0.450 e. The molecule has 0 bridgehead atoms. The summed E-state index contributed by atoms with van der Waals surface area (Å²) in [5, 5.41) is 3.15. The molecular formula is C20H13FN2O4S. The van der Waals surface area contributed by atoms with Gasteiger partial charge in [-0.25, -0.2) is 14.2 Å². The SMILES string of the molecule is O=C(COC(=O)c1ccc(-c2nc3ccccc3s2)o1)Nc1ccc(F)cc1. The number of nitrogens with zero attached hydrogens (tertiary/aromatic N) is 1. The van der Waals surface area contributed by atoms with Crippen LogP contribution in [0.2, 0.25) is 0 Å². The van der Waals surface area contributed by atoms with Gasteiger partial charge in [0.1, 0.15) is 5.82 Å². The maximum Gasteiger partial charge on any atom is 0.374 e. The number of carbonyl (C=O) groups excluding carboxylic acids is 2. The third kappa shape index (κ3) is 3.91. The molecule has 28 heavy (non-hydrogen) atoms. The van der Waals surface area contributed by atoms with Crippen molar-refractivity contribution in [3.63, 3.8) is 0 Å². The van der Waals surface area contributed by atoms with Gasteiger partial charge in [-0.05, 0) is 48.5 Å². The Bertz CT molecular complexity index is 1120. The highest BCUT2D eigenvalue weighted by molar-refractivity contribution is 7.21. The van der Waals surface area contributed by atoms with Crippen molar-refractivity contribution in [2.45, 2.75) is 0 Å². The number of para-hydroxylation sites is 1. The first-order valence-electron chi connectivity index (χ1n) is 8.27. The Hall–Kier alpha value is -3.52. The zero-order chi connectivity index (χ0) is 19.5. The fourth-order valence-corrected chi connectivity index (χ4v) is 3.40. The molecule has 0 aliphatic carbocycles. The first-order chi connectivity index (χ1) is 13.6.